The summed E-state index contributed by atoms with van der Waals surface area (Å²) in [7, 11) is -7.09. The summed E-state index contributed by atoms with van der Waals surface area (Å²) in [6.45, 7) is 3.79. The lowest BCUT2D eigenvalue weighted by atomic mass is 10.1. The lowest BCUT2D eigenvalue weighted by Crippen LogP contribution is -2.54. The van der Waals surface area contributed by atoms with Crippen LogP contribution in [0.5, 0.6) is 0 Å². The third-order valence-electron chi connectivity index (χ3n) is 5.87. The normalized spacial score (nSPS) is 25.8. The molecule has 2 heterocycles. The van der Waals surface area contributed by atoms with E-state index in [0.29, 0.717) is 13.1 Å². The number of hydrogen-bond acceptors (Lipinski definition) is 6. The second-order valence-corrected chi connectivity index (χ2v) is 12.2. The maximum absolute atomic E-state index is 13.2. The van der Waals surface area contributed by atoms with E-state index in [1.54, 1.807) is 30.3 Å². The van der Waals surface area contributed by atoms with Crippen molar-refractivity contribution in [2.24, 2.45) is 0 Å². The molecule has 8 heteroatoms. The number of sulfone groups is 2. The minimum absolute atomic E-state index is 0.0809. The van der Waals surface area contributed by atoms with Gasteiger partial charge in [-0.1, -0.05) is 48.5 Å². The van der Waals surface area contributed by atoms with Crippen LogP contribution in [-0.2, 0) is 26.2 Å². The molecule has 0 aliphatic carbocycles. The molecule has 0 amide bonds. The summed E-state index contributed by atoms with van der Waals surface area (Å²) >= 11 is 0. The van der Waals surface area contributed by atoms with Crippen molar-refractivity contribution >= 4 is 19.7 Å². The Morgan fingerprint density at radius 2 is 1.41 bits per heavy atom. The monoisotopic (exact) mass is 434 g/mol. The predicted molar refractivity (Wildman–Crippen MR) is 113 cm³/mol. The van der Waals surface area contributed by atoms with Gasteiger partial charge in [0.2, 0.25) is 0 Å². The average molecular weight is 435 g/mol. The van der Waals surface area contributed by atoms with Crippen molar-refractivity contribution in [2.45, 2.75) is 22.7 Å². The van der Waals surface area contributed by atoms with Crippen LogP contribution >= 0.6 is 0 Å². The van der Waals surface area contributed by atoms with Gasteiger partial charge in [-0.3, -0.25) is 9.80 Å². The first kappa shape index (κ1) is 20.5. The van der Waals surface area contributed by atoms with E-state index >= 15 is 0 Å². The minimum Gasteiger partial charge on any atom is -0.297 e. The summed E-state index contributed by atoms with van der Waals surface area (Å²) in [5.41, 5.74) is 1.24. The van der Waals surface area contributed by atoms with E-state index in [9.17, 15) is 16.8 Å². The summed E-state index contributed by atoms with van der Waals surface area (Å²) in [4.78, 5) is 4.60. The van der Waals surface area contributed by atoms with Crippen LogP contribution in [-0.4, -0.2) is 75.6 Å². The molecule has 2 saturated heterocycles. The second kappa shape index (κ2) is 8.18. The fraction of sp³-hybridized carbons (Fsp3) is 0.429. The van der Waals surface area contributed by atoms with Crippen LogP contribution in [0.15, 0.2) is 65.6 Å². The molecule has 6 nitrogen and oxygen atoms in total. The maximum Gasteiger partial charge on any atom is 0.183 e. The minimum atomic E-state index is -3.70. The van der Waals surface area contributed by atoms with Gasteiger partial charge >= 0.3 is 0 Å². The molecule has 0 N–H and O–H groups in total. The Kier molecular flexibility index (Phi) is 5.79. The number of piperazine rings is 1. The number of rotatable bonds is 5. The van der Waals surface area contributed by atoms with E-state index in [1.807, 2.05) is 18.2 Å². The van der Waals surface area contributed by atoms with E-state index in [1.165, 1.54) is 5.56 Å². The van der Waals surface area contributed by atoms with Gasteiger partial charge in [-0.25, -0.2) is 16.8 Å². The zero-order chi connectivity index (χ0) is 20.5. The highest BCUT2D eigenvalue weighted by molar-refractivity contribution is 7.96. The van der Waals surface area contributed by atoms with Crippen LogP contribution < -0.4 is 0 Å². The van der Waals surface area contributed by atoms with E-state index < -0.39 is 31.0 Å². The van der Waals surface area contributed by atoms with Crippen LogP contribution in [0.25, 0.3) is 0 Å². The van der Waals surface area contributed by atoms with E-state index in [4.69, 9.17) is 0 Å². The SMILES string of the molecule is O=S1(=O)C[C@H](N2CCN(Cc3ccccc3)CC2)[C@@H](S(=O)(=O)c2ccccc2)C1. The molecule has 2 aliphatic rings. The van der Waals surface area contributed by atoms with Crippen LogP contribution in [0.1, 0.15) is 5.56 Å². The van der Waals surface area contributed by atoms with Gasteiger partial charge in [0.25, 0.3) is 0 Å². The molecule has 2 fully saturated rings. The van der Waals surface area contributed by atoms with Crippen molar-refractivity contribution in [3.8, 4) is 0 Å². The van der Waals surface area contributed by atoms with Crippen LogP contribution in [0.4, 0.5) is 0 Å². The zero-order valence-electron chi connectivity index (χ0n) is 16.2. The Morgan fingerprint density at radius 1 is 0.828 bits per heavy atom. The second-order valence-electron chi connectivity index (χ2n) is 7.84. The largest absolute Gasteiger partial charge is 0.297 e. The fourth-order valence-electron chi connectivity index (χ4n) is 4.31. The van der Waals surface area contributed by atoms with Gasteiger partial charge in [0.1, 0.15) is 0 Å². The highest BCUT2D eigenvalue weighted by Crippen LogP contribution is 2.29. The van der Waals surface area contributed by atoms with Crippen molar-refractivity contribution in [1.29, 1.82) is 0 Å². The molecule has 2 atom stereocenters. The summed E-state index contributed by atoms with van der Waals surface area (Å²) < 4.78 is 51.1. The van der Waals surface area contributed by atoms with Gasteiger partial charge in [-0.2, -0.15) is 0 Å². The standard InChI is InChI=1S/C21H26N2O4S2/c24-28(25)16-20(21(17-28)29(26,27)19-9-5-2-6-10-19)23-13-11-22(12-14-23)15-18-7-3-1-4-8-18/h1-10,20-21H,11-17H2/t20-,21-/m0/s1. The van der Waals surface area contributed by atoms with Crippen LogP contribution in [0, 0.1) is 0 Å². The van der Waals surface area contributed by atoms with Gasteiger partial charge in [0, 0.05) is 38.8 Å². The molecule has 0 aromatic heterocycles. The molecular weight excluding hydrogens is 408 g/mol. The molecule has 156 valence electrons. The Balaban J connectivity index is 1.48. The van der Waals surface area contributed by atoms with Gasteiger partial charge in [0.15, 0.2) is 19.7 Å². The van der Waals surface area contributed by atoms with E-state index in [-0.39, 0.29) is 16.4 Å². The van der Waals surface area contributed by atoms with Crippen molar-refractivity contribution in [1.82, 2.24) is 9.80 Å². The highest BCUT2D eigenvalue weighted by Gasteiger charge is 2.48. The number of benzene rings is 2. The van der Waals surface area contributed by atoms with Gasteiger partial charge in [-0.05, 0) is 17.7 Å². The topological polar surface area (TPSA) is 74.8 Å². The third-order valence-corrected chi connectivity index (χ3v) is 10.0. The molecule has 0 saturated carbocycles. The third kappa shape index (κ3) is 4.55. The van der Waals surface area contributed by atoms with Crippen molar-refractivity contribution in [3.63, 3.8) is 0 Å². The molecule has 2 aromatic carbocycles. The molecule has 0 spiro atoms. The number of nitrogens with zero attached hydrogens (tertiary/aromatic N) is 2. The van der Waals surface area contributed by atoms with Gasteiger partial charge in [0.05, 0.1) is 21.7 Å². The smallest absolute Gasteiger partial charge is 0.183 e. The molecule has 2 aromatic rings. The van der Waals surface area contributed by atoms with E-state index in [0.717, 1.165) is 19.6 Å². The Labute approximate surface area is 173 Å². The van der Waals surface area contributed by atoms with Crippen LogP contribution in [0.3, 0.4) is 0 Å². The summed E-state index contributed by atoms with van der Waals surface area (Å²) in [5.74, 6) is -0.373. The molecule has 29 heavy (non-hydrogen) atoms. The lowest BCUT2D eigenvalue weighted by Gasteiger charge is -2.39. The number of hydrogen-bond donors (Lipinski definition) is 0. The highest BCUT2D eigenvalue weighted by atomic mass is 32.2. The first-order valence-corrected chi connectivity index (χ1v) is 13.2. The van der Waals surface area contributed by atoms with E-state index in [2.05, 4.69) is 21.9 Å². The summed E-state index contributed by atoms with van der Waals surface area (Å²) in [5, 5.41) is -0.907. The predicted octanol–water partition coefficient (Wildman–Crippen LogP) is 1.44. The summed E-state index contributed by atoms with van der Waals surface area (Å²) in [6.07, 6.45) is 0. The quantitative estimate of drug-likeness (QED) is 0.709. The maximum atomic E-state index is 13.2. The molecular formula is C21H26N2O4S2. The van der Waals surface area contributed by atoms with Crippen LogP contribution in [0.2, 0.25) is 0 Å². The Bertz CT molecular complexity index is 1030. The molecule has 0 radical (unpaired) electrons. The van der Waals surface area contributed by atoms with Gasteiger partial charge in [-0.15, -0.1) is 0 Å². The zero-order valence-corrected chi connectivity index (χ0v) is 17.9. The van der Waals surface area contributed by atoms with Crippen molar-refractivity contribution in [2.75, 3.05) is 37.7 Å². The molecule has 2 aliphatic heterocycles. The fourth-order valence-corrected chi connectivity index (χ4v) is 9.16. The average Bonchev–Trinajstić information content (AvgIpc) is 3.06. The Hall–Kier alpha value is -1.74. The Morgan fingerprint density at radius 3 is 2.03 bits per heavy atom. The first-order valence-electron chi connectivity index (χ1n) is 9.85. The summed E-state index contributed by atoms with van der Waals surface area (Å²) in [6, 6.07) is 18.0. The van der Waals surface area contributed by atoms with Crippen molar-refractivity contribution in [3.05, 3.63) is 66.2 Å². The molecule has 0 bridgehead atoms. The molecule has 0 unspecified atom stereocenters. The van der Waals surface area contributed by atoms with Gasteiger partial charge < -0.3 is 0 Å². The first-order chi connectivity index (χ1) is 13.9. The van der Waals surface area contributed by atoms with Crippen molar-refractivity contribution < 1.29 is 16.8 Å². The lowest BCUT2D eigenvalue weighted by molar-refractivity contribution is 0.101. The molecule has 4 rings (SSSR count).